The lowest BCUT2D eigenvalue weighted by Gasteiger charge is -2.27. The summed E-state index contributed by atoms with van der Waals surface area (Å²) in [4.78, 5) is 26.9. The topological polar surface area (TPSA) is 89.1 Å². The molecule has 3 aromatic carbocycles. The van der Waals surface area contributed by atoms with Gasteiger partial charge >= 0.3 is 6.01 Å². The Bertz CT molecular complexity index is 1470. The molecule has 1 aliphatic heterocycles. The first-order valence-electron chi connectivity index (χ1n) is 16.1. The number of likely N-dealkylation sites (tertiary alicyclic amines) is 1. The molecule has 0 amide bonds. The second-order valence-electron chi connectivity index (χ2n) is 11.6. The van der Waals surface area contributed by atoms with E-state index >= 15 is 0 Å². The van der Waals surface area contributed by atoms with E-state index in [9.17, 15) is 4.79 Å². The SMILES string of the molecule is CCCCOc1nc(NCc2ccc(CN3CCCC3)cc2)c(C=O)c(N(Cc2ccc(OC)cc2)Cc2ccc(OC)cc2)n1. The minimum atomic E-state index is 0.243. The van der Waals surface area contributed by atoms with E-state index < -0.39 is 0 Å². The highest BCUT2D eigenvalue weighted by Gasteiger charge is 2.22. The van der Waals surface area contributed by atoms with Crippen LogP contribution in [0.2, 0.25) is 0 Å². The van der Waals surface area contributed by atoms with Gasteiger partial charge in [0.05, 0.1) is 26.4 Å². The molecule has 4 aromatic rings. The first-order valence-corrected chi connectivity index (χ1v) is 16.1. The summed E-state index contributed by atoms with van der Waals surface area (Å²) in [6, 6.07) is 24.7. The molecule has 0 radical (unpaired) electrons. The zero-order valence-electron chi connectivity index (χ0n) is 27.2. The largest absolute Gasteiger partial charge is 0.497 e. The summed E-state index contributed by atoms with van der Waals surface area (Å²) < 4.78 is 16.8. The standard InChI is InChI=1S/C37H45N5O4/c1-4-5-22-46-37-39-35(38-23-28-8-10-29(11-9-28)24-41-20-6-7-21-41)34(27-43)36(40-37)42(25-30-12-16-32(44-2)17-13-30)26-31-14-18-33(45-3)19-15-31/h8-19,27H,4-7,20-26H2,1-3H3,(H,38,39,40). The number of nitrogens with zero attached hydrogens (tertiary/aromatic N) is 4. The number of anilines is 2. The monoisotopic (exact) mass is 623 g/mol. The molecule has 1 saturated heterocycles. The second-order valence-corrected chi connectivity index (χ2v) is 11.6. The first kappa shape index (κ1) is 32.8. The number of unbranched alkanes of at least 4 members (excludes halogenated alkanes) is 1. The van der Waals surface area contributed by atoms with Crippen molar-refractivity contribution < 1.29 is 19.0 Å². The van der Waals surface area contributed by atoms with Gasteiger partial charge in [0.25, 0.3) is 0 Å². The highest BCUT2D eigenvalue weighted by molar-refractivity contribution is 5.90. The summed E-state index contributed by atoms with van der Waals surface area (Å²) in [5.74, 6) is 2.51. The van der Waals surface area contributed by atoms with Crippen molar-refractivity contribution in [3.05, 3.63) is 101 Å². The van der Waals surface area contributed by atoms with Gasteiger partial charge in [0.15, 0.2) is 6.29 Å². The smallest absolute Gasteiger partial charge is 0.320 e. The molecule has 46 heavy (non-hydrogen) atoms. The molecule has 0 spiro atoms. The number of carbonyl (C=O) groups is 1. The van der Waals surface area contributed by atoms with E-state index in [1.54, 1.807) is 14.2 Å². The maximum atomic E-state index is 12.8. The lowest BCUT2D eigenvalue weighted by atomic mass is 10.1. The van der Waals surface area contributed by atoms with Crippen molar-refractivity contribution in [3.63, 3.8) is 0 Å². The molecule has 0 unspecified atom stereocenters. The number of ether oxygens (including phenoxy) is 3. The van der Waals surface area contributed by atoms with Crippen molar-refractivity contribution in [3.8, 4) is 17.5 Å². The number of methoxy groups -OCH3 is 2. The van der Waals surface area contributed by atoms with Gasteiger partial charge in [-0.05, 0) is 78.9 Å². The number of aldehydes is 1. The molecule has 0 bridgehead atoms. The fourth-order valence-electron chi connectivity index (χ4n) is 5.55. The number of rotatable bonds is 17. The molecule has 1 N–H and O–H groups in total. The summed E-state index contributed by atoms with van der Waals surface area (Å²) in [5.41, 5.74) is 4.88. The highest BCUT2D eigenvalue weighted by Crippen LogP contribution is 2.30. The summed E-state index contributed by atoms with van der Waals surface area (Å²) in [7, 11) is 3.31. The summed E-state index contributed by atoms with van der Waals surface area (Å²) in [6.45, 7) is 7.43. The molecular formula is C37H45N5O4. The number of aromatic nitrogens is 2. The predicted molar refractivity (Wildman–Crippen MR) is 182 cm³/mol. The van der Waals surface area contributed by atoms with Crippen LogP contribution in [-0.4, -0.2) is 55.1 Å². The molecule has 242 valence electrons. The average molecular weight is 624 g/mol. The number of hydrogen-bond acceptors (Lipinski definition) is 9. The number of nitrogens with one attached hydrogen (secondary N) is 1. The molecule has 1 aliphatic rings. The normalized spacial score (nSPS) is 12.9. The Balaban J connectivity index is 1.45. The van der Waals surface area contributed by atoms with Crippen LogP contribution in [0.4, 0.5) is 11.6 Å². The van der Waals surface area contributed by atoms with Crippen LogP contribution in [0.3, 0.4) is 0 Å². The van der Waals surface area contributed by atoms with Crippen molar-refractivity contribution in [2.75, 3.05) is 44.1 Å². The Morgan fingerprint density at radius 3 is 1.91 bits per heavy atom. The molecule has 2 heterocycles. The fraction of sp³-hybridized carbons (Fsp3) is 0.378. The van der Waals surface area contributed by atoms with Gasteiger partial charge in [-0.25, -0.2) is 0 Å². The lowest BCUT2D eigenvalue weighted by molar-refractivity contribution is 0.112. The highest BCUT2D eigenvalue weighted by atomic mass is 16.5. The zero-order valence-corrected chi connectivity index (χ0v) is 27.2. The molecule has 0 saturated carbocycles. The summed E-state index contributed by atoms with van der Waals surface area (Å²) in [6.07, 6.45) is 5.26. The Labute approximate surface area is 272 Å². The van der Waals surface area contributed by atoms with Crippen LogP contribution in [0, 0.1) is 0 Å². The number of carbonyl (C=O) groups excluding carboxylic acids is 1. The third kappa shape index (κ3) is 8.97. The summed E-state index contributed by atoms with van der Waals surface area (Å²) in [5, 5.41) is 3.42. The van der Waals surface area contributed by atoms with Crippen LogP contribution in [0.5, 0.6) is 17.5 Å². The van der Waals surface area contributed by atoms with E-state index in [-0.39, 0.29) is 6.01 Å². The van der Waals surface area contributed by atoms with E-state index in [0.29, 0.717) is 43.4 Å². The average Bonchev–Trinajstić information content (AvgIpc) is 3.61. The quantitative estimate of drug-likeness (QED) is 0.0997. The van der Waals surface area contributed by atoms with Crippen LogP contribution in [0.25, 0.3) is 0 Å². The van der Waals surface area contributed by atoms with Gasteiger partial charge < -0.3 is 24.4 Å². The van der Waals surface area contributed by atoms with Crippen LogP contribution >= 0.6 is 0 Å². The van der Waals surface area contributed by atoms with Gasteiger partial charge in [0.1, 0.15) is 23.1 Å². The lowest BCUT2D eigenvalue weighted by Crippen LogP contribution is -2.26. The Hall–Kier alpha value is -4.63. The van der Waals surface area contributed by atoms with Gasteiger partial charge in [-0.1, -0.05) is 61.9 Å². The van der Waals surface area contributed by atoms with Gasteiger partial charge in [0.2, 0.25) is 0 Å². The van der Waals surface area contributed by atoms with Gasteiger partial charge in [-0.2, -0.15) is 9.97 Å². The van der Waals surface area contributed by atoms with E-state index in [1.807, 2.05) is 48.5 Å². The molecular weight excluding hydrogens is 578 g/mol. The van der Waals surface area contributed by atoms with Crippen molar-refractivity contribution in [2.24, 2.45) is 0 Å². The van der Waals surface area contributed by atoms with Crippen molar-refractivity contribution in [1.29, 1.82) is 0 Å². The number of hydrogen-bond donors (Lipinski definition) is 1. The second kappa shape index (κ2) is 16.6. The Morgan fingerprint density at radius 2 is 1.37 bits per heavy atom. The number of benzene rings is 3. The maximum Gasteiger partial charge on any atom is 0.320 e. The summed E-state index contributed by atoms with van der Waals surface area (Å²) >= 11 is 0. The van der Waals surface area contributed by atoms with Gasteiger partial charge in [-0.15, -0.1) is 0 Å². The molecule has 5 rings (SSSR count). The predicted octanol–water partition coefficient (Wildman–Crippen LogP) is 6.90. The van der Waals surface area contributed by atoms with Crippen LogP contribution in [-0.2, 0) is 26.2 Å². The molecule has 1 fully saturated rings. The Morgan fingerprint density at radius 1 is 0.804 bits per heavy atom. The van der Waals surface area contributed by atoms with Crippen LogP contribution < -0.4 is 24.4 Å². The zero-order chi connectivity index (χ0) is 32.1. The minimum absolute atomic E-state index is 0.243. The van der Waals surface area contributed by atoms with E-state index in [4.69, 9.17) is 19.2 Å². The van der Waals surface area contributed by atoms with E-state index in [2.05, 4.69) is 51.3 Å². The van der Waals surface area contributed by atoms with Crippen molar-refractivity contribution in [1.82, 2.24) is 14.9 Å². The molecule has 9 nitrogen and oxygen atoms in total. The molecule has 1 aromatic heterocycles. The minimum Gasteiger partial charge on any atom is -0.497 e. The molecule has 0 atom stereocenters. The van der Waals surface area contributed by atoms with Gasteiger partial charge in [-0.3, -0.25) is 9.69 Å². The third-order valence-electron chi connectivity index (χ3n) is 8.20. The molecule has 9 heteroatoms. The maximum absolute atomic E-state index is 12.8. The van der Waals surface area contributed by atoms with Crippen molar-refractivity contribution >= 4 is 17.9 Å². The third-order valence-corrected chi connectivity index (χ3v) is 8.20. The van der Waals surface area contributed by atoms with Gasteiger partial charge in [0, 0.05) is 26.2 Å². The van der Waals surface area contributed by atoms with E-state index in [1.165, 1.54) is 31.5 Å². The molecule has 0 aliphatic carbocycles. The Kier molecular flexibility index (Phi) is 11.8. The van der Waals surface area contributed by atoms with Crippen molar-refractivity contribution in [2.45, 2.75) is 58.8 Å². The fourth-order valence-corrected chi connectivity index (χ4v) is 5.55. The first-order chi connectivity index (χ1) is 22.6. The van der Waals surface area contributed by atoms with Crippen LogP contribution in [0.1, 0.15) is 65.2 Å². The van der Waals surface area contributed by atoms with Crippen LogP contribution in [0.15, 0.2) is 72.8 Å². The van der Waals surface area contributed by atoms with E-state index in [0.717, 1.165) is 53.9 Å².